The molecular weight excluding hydrogens is 543 g/mol. The van der Waals surface area contributed by atoms with Crippen molar-refractivity contribution < 1.29 is 36.8 Å². The summed E-state index contributed by atoms with van der Waals surface area (Å²) < 4.78 is 50.5. The van der Waals surface area contributed by atoms with Crippen LogP contribution >= 0.6 is 0 Å². The Morgan fingerprint density at radius 3 is 2.59 bits per heavy atom. The van der Waals surface area contributed by atoms with Gasteiger partial charge in [0.15, 0.2) is 0 Å². The van der Waals surface area contributed by atoms with Crippen LogP contribution in [0.25, 0.3) is 0 Å². The molecule has 10 nitrogen and oxygen atoms in total. The lowest BCUT2D eigenvalue weighted by Gasteiger charge is -2.31. The van der Waals surface area contributed by atoms with Crippen LogP contribution in [0.5, 0.6) is 5.75 Å². The second-order valence-corrected chi connectivity index (χ2v) is 9.74. The first-order valence-electron chi connectivity index (χ1n) is 12.8. The lowest BCUT2D eigenvalue weighted by molar-refractivity contribution is -0.144. The van der Waals surface area contributed by atoms with Crippen LogP contribution in [-0.4, -0.2) is 54.1 Å². The summed E-state index contributed by atoms with van der Waals surface area (Å²) in [6, 6.07) is 14.2. The zero-order valence-corrected chi connectivity index (χ0v) is 21.9. The highest BCUT2D eigenvalue weighted by Gasteiger charge is 2.42. The summed E-state index contributed by atoms with van der Waals surface area (Å²) >= 11 is 0. The van der Waals surface area contributed by atoms with E-state index < -0.39 is 54.7 Å². The van der Waals surface area contributed by atoms with Crippen molar-refractivity contribution in [2.24, 2.45) is 16.6 Å². The number of para-hydroxylation sites is 1. The number of aryl methyl sites for hydroxylation is 1. The van der Waals surface area contributed by atoms with Gasteiger partial charge in [-0.15, -0.1) is 0 Å². The fourth-order valence-corrected chi connectivity index (χ4v) is 5.19. The minimum atomic E-state index is -4.62. The normalized spacial score (nSPS) is 18.0. The van der Waals surface area contributed by atoms with Crippen molar-refractivity contribution >= 4 is 29.1 Å². The smallest absolute Gasteiger partial charge is 0.389 e. The molecule has 3 N–H and O–H groups in total. The Labute approximate surface area is 232 Å². The van der Waals surface area contributed by atoms with Gasteiger partial charge in [-0.3, -0.25) is 14.4 Å². The molecule has 2 aliphatic rings. The maximum atomic E-state index is 13.8. The van der Waals surface area contributed by atoms with Crippen LogP contribution in [0.4, 0.5) is 18.9 Å². The summed E-state index contributed by atoms with van der Waals surface area (Å²) in [4.78, 5) is 46.1. The van der Waals surface area contributed by atoms with E-state index in [1.807, 2.05) is 6.07 Å². The van der Waals surface area contributed by atoms with Crippen LogP contribution in [-0.2, 0) is 14.4 Å². The van der Waals surface area contributed by atoms with E-state index >= 15 is 0 Å². The predicted molar refractivity (Wildman–Crippen MR) is 140 cm³/mol. The van der Waals surface area contributed by atoms with Crippen molar-refractivity contribution in [3.05, 3.63) is 77.2 Å². The van der Waals surface area contributed by atoms with E-state index in [-0.39, 0.29) is 24.4 Å². The lowest BCUT2D eigenvalue weighted by Crippen LogP contribution is -2.51. The third-order valence-corrected chi connectivity index (χ3v) is 7.09. The Kier molecular flexibility index (Phi) is 7.52. The second-order valence-electron chi connectivity index (χ2n) is 9.74. The number of aliphatic imine (C=N–C) groups is 1. The van der Waals surface area contributed by atoms with Crippen LogP contribution in [0.2, 0.25) is 0 Å². The molecule has 2 aliphatic heterocycles. The van der Waals surface area contributed by atoms with Crippen molar-refractivity contribution in [3.8, 4) is 5.75 Å². The van der Waals surface area contributed by atoms with Gasteiger partial charge >= 0.3 is 6.18 Å². The van der Waals surface area contributed by atoms with Crippen LogP contribution in [0.3, 0.4) is 0 Å². The molecule has 0 unspecified atom stereocenters. The molecule has 13 heteroatoms. The van der Waals surface area contributed by atoms with Gasteiger partial charge in [0.05, 0.1) is 35.5 Å². The topological polar surface area (TPSA) is 140 Å². The zero-order valence-electron chi connectivity index (χ0n) is 21.9. The summed E-state index contributed by atoms with van der Waals surface area (Å²) in [5, 5.41) is 6.20. The molecule has 0 aliphatic carbocycles. The zero-order chi connectivity index (χ0) is 29.3. The van der Waals surface area contributed by atoms with Gasteiger partial charge in [0.1, 0.15) is 18.6 Å². The number of rotatable bonds is 8. The van der Waals surface area contributed by atoms with Crippen molar-refractivity contribution in [3.63, 3.8) is 0 Å². The van der Waals surface area contributed by atoms with Crippen LogP contribution in [0.1, 0.15) is 41.1 Å². The molecule has 41 heavy (non-hydrogen) atoms. The monoisotopic (exact) mass is 569 g/mol. The molecule has 3 atom stereocenters. The average Bonchev–Trinajstić information content (AvgIpc) is 3.31. The number of carbonyl (C=O) groups excluding carboxylic acids is 3. The molecule has 0 spiro atoms. The van der Waals surface area contributed by atoms with E-state index in [4.69, 9.17) is 15.0 Å². The van der Waals surface area contributed by atoms with Crippen LogP contribution in [0, 0.1) is 12.8 Å². The number of nitrogens with zero attached hydrogens (tertiary/aromatic N) is 3. The number of anilines is 1. The molecule has 0 fully saturated rings. The molecular formula is C28H26F3N5O5. The van der Waals surface area contributed by atoms with E-state index in [1.54, 1.807) is 42.5 Å². The third-order valence-electron chi connectivity index (χ3n) is 7.09. The summed E-state index contributed by atoms with van der Waals surface area (Å²) in [6.45, 7) is 1.83. The quantitative estimate of drug-likeness (QED) is 0.427. The van der Waals surface area contributed by atoms with E-state index in [0.717, 1.165) is 6.26 Å². The van der Waals surface area contributed by atoms with Crippen molar-refractivity contribution in [1.82, 2.24) is 10.5 Å². The largest absolute Gasteiger partial charge is 0.490 e. The van der Waals surface area contributed by atoms with Gasteiger partial charge in [-0.25, -0.2) is 4.99 Å². The molecule has 3 aromatic rings. The number of halogens is 3. The Morgan fingerprint density at radius 1 is 1.17 bits per heavy atom. The molecule has 3 amide bonds. The average molecular weight is 570 g/mol. The van der Waals surface area contributed by atoms with Gasteiger partial charge in [0, 0.05) is 23.1 Å². The molecule has 2 aromatic carbocycles. The number of benzene rings is 2. The van der Waals surface area contributed by atoms with Crippen molar-refractivity contribution in [1.29, 1.82) is 0 Å². The number of nitrogens with two attached hydrogens (primary N) is 1. The maximum absolute atomic E-state index is 13.8. The molecule has 0 radical (unpaired) electrons. The van der Waals surface area contributed by atoms with Gasteiger partial charge in [-0.1, -0.05) is 47.6 Å². The molecule has 1 aromatic heterocycles. The summed E-state index contributed by atoms with van der Waals surface area (Å²) in [6.07, 6.45) is -7.19. The van der Waals surface area contributed by atoms with E-state index in [2.05, 4.69) is 15.5 Å². The summed E-state index contributed by atoms with van der Waals surface area (Å²) in [5.41, 5.74) is 7.97. The maximum Gasteiger partial charge on any atom is 0.389 e. The number of ether oxygens (including phenoxy) is 1. The predicted octanol–water partition coefficient (Wildman–Crippen LogP) is 3.23. The van der Waals surface area contributed by atoms with Crippen molar-refractivity contribution in [2.75, 3.05) is 18.1 Å². The Balaban J connectivity index is 1.56. The van der Waals surface area contributed by atoms with E-state index in [9.17, 15) is 27.6 Å². The second kappa shape index (κ2) is 11.1. The minimum Gasteiger partial charge on any atom is -0.490 e. The van der Waals surface area contributed by atoms with E-state index in [0.29, 0.717) is 28.3 Å². The first-order chi connectivity index (χ1) is 19.5. The SMILES string of the molecule is Cc1nocc1[C@H](C(N)=O)[C@@H](CCC(F)(F)F)C(=O)N[C@H]1N=C(c2ccccc2)c2cccc3c2N(CCO3)C1=O. The first kappa shape index (κ1) is 27.9. The minimum absolute atomic E-state index is 0.0886. The van der Waals surface area contributed by atoms with Gasteiger partial charge in [0.2, 0.25) is 18.0 Å². The fourth-order valence-electron chi connectivity index (χ4n) is 5.19. The van der Waals surface area contributed by atoms with Crippen LogP contribution < -0.4 is 20.7 Å². The van der Waals surface area contributed by atoms with Gasteiger partial charge < -0.3 is 25.2 Å². The van der Waals surface area contributed by atoms with Gasteiger partial charge in [0.25, 0.3) is 5.91 Å². The molecule has 214 valence electrons. The summed E-state index contributed by atoms with van der Waals surface area (Å²) in [7, 11) is 0. The molecule has 0 saturated heterocycles. The lowest BCUT2D eigenvalue weighted by atomic mass is 9.82. The number of hydrogen-bond acceptors (Lipinski definition) is 7. The number of aromatic nitrogens is 1. The van der Waals surface area contributed by atoms with Crippen molar-refractivity contribution in [2.45, 2.75) is 38.0 Å². The van der Waals surface area contributed by atoms with Gasteiger partial charge in [-0.05, 0) is 19.4 Å². The molecule has 5 rings (SSSR count). The van der Waals surface area contributed by atoms with Gasteiger partial charge in [-0.2, -0.15) is 13.2 Å². The number of alkyl halides is 3. The first-order valence-corrected chi connectivity index (χ1v) is 12.8. The summed E-state index contributed by atoms with van der Waals surface area (Å²) in [5.74, 6) is -5.27. The number of nitrogens with one attached hydrogen (secondary N) is 1. The molecule has 0 bridgehead atoms. The number of primary amides is 1. The highest BCUT2D eigenvalue weighted by molar-refractivity contribution is 6.21. The number of amides is 3. The molecule has 0 saturated carbocycles. The highest BCUT2D eigenvalue weighted by Crippen LogP contribution is 2.39. The van der Waals surface area contributed by atoms with Crippen LogP contribution in [0.15, 0.2) is 64.3 Å². The molecule has 3 heterocycles. The van der Waals surface area contributed by atoms with E-state index in [1.165, 1.54) is 11.8 Å². The third kappa shape index (κ3) is 5.65. The standard InChI is InChI=1S/C28H26F3N5O5/c1-15-19(14-41-35-15)21(24(32)37)17(10-11-28(29,30)31)26(38)34-25-27(39)36-12-13-40-20-9-5-8-18(23(20)36)22(33-25)16-6-3-2-4-7-16/h2-9,14,17,21,25H,10-13H2,1H3,(H2,32,37)(H,34,38)/t17-,21-,25-/m1/s1. The Bertz CT molecular complexity index is 1500. The Hall–Kier alpha value is -4.68. The highest BCUT2D eigenvalue weighted by atomic mass is 19.4. The fraction of sp³-hybridized carbons (Fsp3) is 0.321. The number of hydrogen-bond donors (Lipinski definition) is 2. The number of carbonyl (C=O) groups is 3. The Morgan fingerprint density at radius 2 is 1.93 bits per heavy atom.